The number of piperazine rings is 1. The number of fused-ring (bicyclic) bond motifs is 1. The number of para-hydroxylation sites is 1. The molecule has 0 spiro atoms. The Labute approximate surface area is 228 Å². The number of methoxy groups -OCH3 is 1. The molecule has 0 atom stereocenters. The number of nitrogens with one attached hydrogen (secondary N) is 1. The summed E-state index contributed by atoms with van der Waals surface area (Å²) < 4.78 is 5.48. The molecule has 11 heteroatoms. The van der Waals surface area contributed by atoms with Gasteiger partial charge in [-0.1, -0.05) is 23.7 Å². The van der Waals surface area contributed by atoms with Crippen molar-refractivity contribution in [3.05, 3.63) is 99.2 Å². The van der Waals surface area contributed by atoms with Gasteiger partial charge in [0.2, 0.25) is 0 Å². The number of halogens is 1. The van der Waals surface area contributed by atoms with E-state index in [0.717, 1.165) is 17.1 Å². The second-order valence-corrected chi connectivity index (χ2v) is 9.34. The van der Waals surface area contributed by atoms with Crippen LogP contribution in [0.1, 0.15) is 20.8 Å². The normalized spacial score (nSPS) is 13.3. The van der Waals surface area contributed by atoms with Gasteiger partial charge in [0.15, 0.2) is 0 Å². The van der Waals surface area contributed by atoms with Crippen LogP contribution in [0.25, 0.3) is 10.9 Å². The van der Waals surface area contributed by atoms with Gasteiger partial charge in [-0.3, -0.25) is 19.7 Å². The molecule has 10 nitrogen and oxygen atoms in total. The van der Waals surface area contributed by atoms with E-state index < -0.39 is 10.8 Å². The molecule has 1 fully saturated rings. The molecule has 2 amide bonds. The SMILES string of the molecule is COc1cc(C(=O)N2CCN(c3ccc(NC(=O)c4ccc([N+](=O)[O-])cc4Cl)cc3)CC2)nc2ccccc12. The minimum absolute atomic E-state index is 0.00284. The average molecular weight is 546 g/mol. The molecule has 0 saturated carbocycles. The van der Waals surface area contributed by atoms with Crippen LogP contribution in [0.15, 0.2) is 72.8 Å². The summed E-state index contributed by atoms with van der Waals surface area (Å²) in [6.07, 6.45) is 0. The Morgan fingerprint density at radius 3 is 2.38 bits per heavy atom. The molecule has 0 unspecified atom stereocenters. The molecule has 5 rings (SSSR count). The standard InChI is InChI=1S/C28H24ClN5O5/c1-39-26-17-25(31-24-5-3-2-4-22(24)26)28(36)33-14-12-32(13-15-33)19-8-6-18(7-9-19)30-27(35)21-11-10-20(34(37)38)16-23(21)29/h2-11,16-17H,12-15H2,1H3,(H,30,35). The summed E-state index contributed by atoms with van der Waals surface area (Å²) in [6.45, 7) is 2.35. The van der Waals surface area contributed by atoms with E-state index in [1.165, 1.54) is 12.1 Å². The number of hydrogen-bond acceptors (Lipinski definition) is 7. The first-order valence-corrected chi connectivity index (χ1v) is 12.5. The molecule has 1 aromatic heterocycles. The van der Waals surface area contributed by atoms with Crippen molar-refractivity contribution >= 4 is 51.4 Å². The lowest BCUT2D eigenvalue weighted by Crippen LogP contribution is -2.49. The van der Waals surface area contributed by atoms with Gasteiger partial charge < -0.3 is 19.9 Å². The summed E-state index contributed by atoms with van der Waals surface area (Å²) in [6, 6.07) is 20.3. The van der Waals surface area contributed by atoms with Crippen molar-refractivity contribution in [1.29, 1.82) is 0 Å². The maximum atomic E-state index is 13.2. The Kier molecular flexibility index (Phi) is 7.29. The summed E-state index contributed by atoms with van der Waals surface area (Å²) in [5, 5.41) is 14.5. The van der Waals surface area contributed by atoms with E-state index in [1.54, 1.807) is 30.2 Å². The van der Waals surface area contributed by atoms with Crippen molar-refractivity contribution in [2.24, 2.45) is 0 Å². The van der Waals surface area contributed by atoms with Gasteiger partial charge in [0.05, 0.1) is 28.1 Å². The minimum Gasteiger partial charge on any atom is -0.496 e. The van der Waals surface area contributed by atoms with E-state index in [1.807, 2.05) is 36.4 Å². The fourth-order valence-corrected chi connectivity index (χ4v) is 4.77. The van der Waals surface area contributed by atoms with Gasteiger partial charge in [0, 0.05) is 61.1 Å². The van der Waals surface area contributed by atoms with Crippen molar-refractivity contribution < 1.29 is 19.2 Å². The first-order valence-electron chi connectivity index (χ1n) is 12.2. The van der Waals surface area contributed by atoms with E-state index >= 15 is 0 Å². The van der Waals surface area contributed by atoms with Crippen molar-refractivity contribution in [3.8, 4) is 5.75 Å². The zero-order valence-corrected chi connectivity index (χ0v) is 21.7. The lowest BCUT2D eigenvalue weighted by molar-refractivity contribution is -0.384. The van der Waals surface area contributed by atoms with E-state index in [4.69, 9.17) is 16.3 Å². The Morgan fingerprint density at radius 1 is 1.00 bits per heavy atom. The number of hydrogen-bond donors (Lipinski definition) is 1. The van der Waals surface area contributed by atoms with E-state index in [-0.39, 0.29) is 22.2 Å². The molecule has 1 aliphatic heterocycles. The second kappa shape index (κ2) is 11.0. The first-order chi connectivity index (χ1) is 18.8. The Hall–Kier alpha value is -4.70. The van der Waals surface area contributed by atoms with Crippen molar-refractivity contribution in [2.45, 2.75) is 0 Å². The summed E-state index contributed by atoms with van der Waals surface area (Å²) in [5.41, 5.74) is 2.54. The van der Waals surface area contributed by atoms with Crippen LogP contribution in [0.4, 0.5) is 17.1 Å². The highest BCUT2D eigenvalue weighted by molar-refractivity contribution is 6.34. The van der Waals surface area contributed by atoms with Gasteiger partial charge in [0.1, 0.15) is 11.4 Å². The highest BCUT2D eigenvalue weighted by Gasteiger charge is 2.24. The molecular weight excluding hydrogens is 522 g/mol. The van der Waals surface area contributed by atoms with Crippen LogP contribution in [0.5, 0.6) is 5.75 Å². The Morgan fingerprint density at radius 2 is 1.72 bits per heavy atom. The molecular formula is C28H24ClN5O5. The molecule has 1 saturated heterocycles. The number of anilines is 2. The zero-order chi connectivity index (χ0) is 27.5. The smallest absolute Gasteiger partial charge is 0.272 e. The molecule has 2 heterocycles. The molecule has 1 N–H and O–H groups in total. The van der Waals surface area contributed by atoms with Crippen LogP contribution in [-0.4, -0.2) is 59.9 Å². The molecule has 0 bridgehead atoms. The monoisotopic (exact) mass is 545 g/mol. The number of amides is 2. The minimum atomic E-state index is -0.570. The Bertz CT molecular complexity index is 1570. The quantitative estimate of drug-likeness (QED) is 0.267. The highest BCUT2D eigenvalue weighted by Crippen LogP contribution is 2.27. The molecule has 1 aliphatic rings. The Balaban J connectivity index is 1.20. The third kappa shape index (κ3) is 5.46. The van der Waals surface area contributed by atoms with Crippen LogP contribution in [0.3, 0.4) is 0 Å². The molecule has 39 heavy (non-hydrogen) atoms. The number of nitro groups is 1. The van der Waals surface area contributed by atoms with E-state index in [2.05, 4.69) is 15.2 Å². The van der Waals surface area contributed by atoms with Gasteiger partial charge >= 0.3 is 0 Å². The van der Waals surface area contributed by atoms with Gasteiger partial charge in [-0.25, -0.2) is 4.98 Å². The van der Waals surface area contributed by atoms with Gasteiger partial charge in [-0.05, 0) is 42.5 Å². The molecule has 3 aromatic carbocycles. The van der Waals surface area contributed by atoms with E-state index in [0.29, 0.717) is 48.8 Å². The predicted molar refractivity (Wildman–Crippen MR) is 149 cm³/mol. The fourth-order valence-electron chi connectivity index (χ4n) is 4.51. The van der Waals surface area contributed by atoms with Gasteiger partial charge in [0.25, 0.3) is 17.5 Å². The summed E-state index contributed by atoms with van der Waals surface area (Å²) >= 11 is 6.07. The van der Waals surface area contributed by atoms with Crippen LogP contribution in [-0.2, 0) is 0 Å². The van der Waals surface area contributed by atoms with Crippen LogP contribution in [0, 0.1) is 10.1 Å². The number of non-ortho nitro benzene ring substituents is 1. The van der Waals surface area contributed by atoms with Crippen molar-refractivity contribution in [3.63, 3.8) is 0 Å². The number of rotatable bonds is 6. The second-order valence-electron chi connectivity index (χ2n) is 8.93. The molecule has 198 valence electrons. The maximum absolute atomic E-state index is 13.2. The topological polar surface area (TPSA) is 118 Å². The summed E-state index contributed by atoms with van der Waals surface area (Å²) in [7, 11) is 1.58. The number of benzene rings is 3. The lowest BCUT2D eigenvalue weighted by atomic mass is 10.1. The van der Waals surface area contributed by atoms with Crippen molar-refractivity contribution in [1.82, 2.24) is 9.88 Å². The maximum Gasteiger partial charge on any atom is 0.272 e. The third-order valence-corrected chi connectivity index (χ3v) is 6.90. The number of nitrogens with zero attached hydrogens (tertiary/aromatic N) is 4. The largest absolute Gasteiger partial charge is 0.496 e. The van der Waals surface area contributed by atoms with Crippen molar-refractivity contribution in [2.75, 3.05) is 43.5 Å². The summed E-state index contributed by atoms with van der Waals surface area (Å²) in [4.78, 5) is 44.6. The fraction of sp³-hybridized carbons (Fsp3) is 0.179. The van der Waals surface area contributed by atoms with Crippen LogP contribution in [0.2, 0.25) is 5.02 Å². The predicted octanol–water partition coefficient (Wildman–Crippen LogP) is 5.02. The first kappa shape index (κ1) is 25.9. The van der Waals surface area contributed by atoms with E-state index in [9.17, 15) is 19.7 Å². The number of carbonyl (C=O) groups excluding carboxylic acids is 2. The number of ether oxygens (including phenoxy) is 1. The number of pyridine rings is 1. The zero-order valence-electron chi connectivity index (χ0n) is 21.0. The highest BCUT2D eigenvalue weighted by atomic mass is 35.5. The third-order valence-electron chi connectivity index (χ3n) is 6.58. The van der Waals surface area contributed by atoms with Crippen LogP contribution < -0.4 is 15.0 Å². The number of nitro benzene ring substituents is 1. The average Bonchev–Trinajstić information content (AvgIpc) is 2.96. The molecule has 0 radical (unpaired) electrons. The van der Waals surface area contributed by atoms with Gasteiger partial charge in [-0.15, -0.1) is 0 Å². The number of aromatic nitrogens is 1. The molecule has 4 aromatic rings. The van der Waals surface area contributed by atoms with Gasteiger partial charge in [-0.2, -0.15) is 0 Å². The summed E-state index contributed by atoms with van der Waals surface area (Å²) in [5.74, 6) is 0.0148. The molecule has 0 aliphatic carbocycles. The van der Waals surface area contributed by atoms with Crippen LogP contribution >= 0.6 is 11.6 Å². The lowest BCUT2D eigenvalue weighted by Gasteiger charge is -2.36. The number of carbonyl (C=O) groups is 2.